The van der Waals surface area contributed by atoms with Crippen molar-refractivity contribution in [3.63, 3.8) is 0 Å². The van der Waals surface area contributed by atoms with Gasteiger partial charge < -0.3 is 19.7 Å². The number of nitrogens with one attached hydrogen (secondary N) is 1. The van der Waals surface area contributed by atoms with Crippen LogP contribution in [0.1, 0.15) is 66.4 Å². The third kappa shape index (κ3) is 5.73. The molecule has 2 amide bonds. The highest BCUT2D eigenvalue weighted by molar-refractivity contribution is 6.11. The average molecular weight is 628 g/mol. The molecule has 0 radical (unpaired) electrons. The van der Waals surface area contributed by atoms with Gasteiger partial charge >= 0.3 is 6.18 Å². The quantitative estimate of drug-likeness (QED) is 0.284. The molecular formula is C33H37F4N5O3. The zero-order chi connectivity index (χ0) is 32.4. The van der Waals surface area contributed by atoms with Crippen LogP contribution in [0.5, 0.6) is 0 Å². The number of carbonyl (C=O) groups is 3. The molecule has 5 atom stereocenters. The number of carbonyl (C=O) groups excluding carboxylic acids is 3. The maximum atomic E-state index is 14.6. The van der Waals surface area contributed by atoms with E-state index in [1.165, 1.54) is 26.1 Å². The Bertz CT molecular complexity index is 1670. The van der Waals surface area contributed by atoms with Crippen LogP contribution in [0.2, 0.25) is 0 Å². The smallest absolute Gasteiger partial charge is 0.339 e. The van der Waals surface area contributed by atoms with Crippen molar-refractivity contribution in [2.24, 2.45) is 17.8 Å². The van der Waals surface area contributed by atoms with Crippen LogP contribution >= 0.6 is 0 Å². The lowest BCUT2D eigenvalue weighted by Crippen LogP contribution is -2.52. The zero-order valence-electron chi connectivity index (χ0n) is 25.7. The van der Waals surface area contributed by atoms with Gasteiger partial charge in [0.1, 0.15) is 12.4 Å². The van der Waals surface area contributed by atoms with Crippen molar-refractivity contribution in [2.75, 3.05) is 19.6 Å². The number of piperidine rings is 2. The molecule has 0 bridgehead atoms. The van der Waals surface area contributed by atoms with Crippen LogP contribution in [0, 0.1) is 30.5 Å². The lowest BCUT2D eigenvalue weighted by atomic mass is 9.84. The SMILES string of the molecule is Cc1c(C(=O)[C@@H]2CCN(C(=O)[C@H]3NC[C@@H]4C[C@@H]43)[C@H](C)C2)c2ccncc2n1-c1ccc(F)cc1C(=O)N(CC(F)(F)F)C(C)C. The van der Waals surface area contributed by atoms with E-state index in [9.17, 15) is 31.9 Å². The number of ketones is 1. The fourth-order valence-electron chi connectivity index (χ4n) is 7.33. The summed E-state index contributed by atoms with van der Waals surface area (Å²) < 4.78 is 56.5. The first-order valence-electron chi connectivity index (χ1n) is 15.5. The van der Waals surface area contributed by atoms with Gasteiger partial charge in [-0.05, 0) is 89.6 Å². The Kier molecular flexibility index (Phi) is 7.99. The minimum atomic E-state index is -4.65. The fourth-order valence-corrected chi connectivity index (χ4v) is 7.33. The van der Waals surface area contributed by atoms with Gasteiger partial charge in [-0.15, -0.1) is 0 Å². The summed E-state index contributed by atoms with van der Waals surface area (Å²) in [6.45, 7) is 6.45. The molecule has 3 aromatic rings. The number of aromatic nitrogens is 2. The van der Waals surface area contributed by atoms with Gasteiger partial charge in [-0.2, -0.15) is 13.2 Å². The van der Waals surface area contributed by atoms with Crippen LogP contribution in [0.25, 0.3) is 16.6 Å². The Morgan fingerprint density at radius 2 is 1.91 bits per heavy atom. The number of pyridine rings is 1. The Morgan fingerprint density at radius 3 is 2.53 bits per heavy atom. The van der Waals surface area contributed by atoms with Gasteiger partial charge in [-0.3, -0.25) is 19.4 Å². The summed E-state index contributed by atoms with van der Waals surface area (Å²) >= 11 is 0. The highest BCUT2D eigenvalue weighted by atomic mass is 19.4. The number of hydrogen-bond acceptors (Lipinski definition) is 5. The largest absolute Gasteiger partial charge is 0.406 e. The summed E-state index contributed by atoms with van der Waals surface area (Å²) in [6, 6.07) is 4.02. The van der Waals surface area contributed by atoms with Crippen LogP contribution in [-0.4, -0.2) is 80.9 Å². The van der Waals surface area contributed by atoms with Crippen molar-refractivity contribution in [2.45, 2.75) is 71.3 Å². The number of amides is 2. The van der Waals surface area contributed by atoms with Gasteiger partial charge in [0.2, 0.25) is 5.91 Å². The fraction of sp³-hybridized carbons (Fsp3) is 0.515. The molecule has 6 rings (SSSR count). The number of halogens is 4. The molecule has 45 heavy (non-hydrogen) atoms. The maximum absolute atomic E-state index is 14.6. The van der Waals surface area contributed by atoms with Gasteiger partial charge in [0.05, 0.1) is 29.0 Å². The standard InChI is InChI=1S/C33H37F4N5O3/c1-17(2)41(16-33(35,36)37)31(44)25-13-22(34)5-6-26(25)42-19(4)28(23-7-9-38-15-27(23)42)30(43)20-8-10-40(18(3)11-20)32(45)29-24-12-21(24)14-39-29/h5-7,9,13,15,17-18,20-21,24,29,39H,8,10-12,14,16H2,1-4H3/t18-,20-,21+,24+,29+/m1/s1. The second-order valence-electron chi connectivity index (χ2n) is 13.0. The normalized spacial score (nSPS) is 24.6. The molecule has 0 unspecified atom stereocenters. The molecule has 2 aliphatic heterocycles. The van der Waals surface area contributed by atoms with Gasteiger partial charge in [-0.25, -0.2) is 4.39 Å². The minimum absolute atomic E-state index is 0.103. The van der Waals surface area contributed by atoms with Crippen molar-refractivity contribution in [1.82, 2.24) is 24.7 Å². The number of likely N-dealkylation sites (tertiary alicyclic amines) is 1. The number of hydrogen-bond donors (Lipinski definition) is 1. The van der Waals surface area contributed by atoms with E-state index < -0.39 is 30.5 Å². The molecule has 4 heterocycles. The molecule has 8 nitrogen and oxygen atoms in total. The van der Waals surface area contributed by atoms with E-state index in [1.807, 2.05) is 11.8 Å². The van der Waals surface area contributed by atoms with Gasteiger partial charge in [0, 0.05) is 47.4 Å². The lowest BCUT2D eigenvalue weighted by Gasteiger charge is -2.38. The van der Waals surface area contributed by atoms with Crippen LogP contribution in [0.15, 0.2) is 36.7 Å². The highest BCUT2D eigenvalue weighted by Crippen LogP contribution is 2.46. The monoisotopic (exact) mass is 627 g/mol. The van der Waals surface area contributed by atoms with E-state index in [4.69, 9.17) is 0 Å². The number of rotatable bonds is 7. The van der Waals surface area contributed by atoms with E-state index in [1.54, 1.807) is 23.8 Å². The first-order valence-corrected chi connectivity index (χ1v) is 15.5. The minimum Gasteiger partial charge on any atom is -0.339 e. The number of benzene rings is 1. The molecule has 1 saturated carbocycles. The molecule has 3 aliphatic rings. The predicted molar refractivity (Wildman–Crippen MR) is 160 cm³/mol. The van der Waals surface area contributed by atoms with Crippen molar-refractivity contribution < 1.29 is 31.9 Å². The van der Waals surface area contributed by atoms with Crippen LogP contribution in [0.4, 0.5) is 17.6 Å². The molecule has 240 valence electrons. The van der Waals surface area contributed by atoms with Gasteiger partial charge in [-0.1, -0.05) is 0 Å². The molecule has 12 heteroatoms. The Labute approximate surface area is 258 Å². The molecule has 2 saturated heterocycles. The first kappa shape index (κ1) is 31.2. The van der Waals surface area contributed by atoms with E-state index in [0.29, 0.717) is 58.3 Å². The first-order chi connectivity index (χ1) is 21.3. The zero-order valence-corrected chi connectivity index (χ0v) is 25.7. The highest BCUT2D eigenvalue weighted by Gasteiger charge is 2.52. The van der Waals surface area contributed by atoms with E-state index >= 15 is 0 Å². The summed E-state index contributed by atoms with van der Waals surface area (Å²) in [6.07, 6.45) is 0.490. The Hall–Kier alpha value is -3.80. The third-order valence-electron chi connectivity index (χ3n) is 9.72. The number of nitrogens with zero attached hydrogens (tertiary/aromatic N) is 4. The topological polar surface area (TPSA) is 87.5 Å². The van der Waals surface area contributed by atoms with Crippen LogP contribution < -0.4 is 5.32 Å². The second-order valence-corrected chi connectivity index (χ2v) is 13.0. The van der Waals surface area contributed by atoms with Crippen molar-refractivity contribution >= 4 is 28.5 Å². The van der Waals surface area contributed by atoms with Gasteiger partial charge in [0.25, 0.3) is 5.91 Å². The van der Waals surface area contributed by atoms with Crippen molar-refractivity contribution in [3.05, 3.63) is 59.3 Å². The summed E-state index contributed by atoms with van der Waals surface area (Å²) in [4.78, 5) is 47.9. The van der Waals surface area contributed by atoms with E-state index in [-0.39, 0.29) is 40.9 Å². The predicted octanol–water partition coefficient (Wildman–Crippen LogP) is 5.30. The molecule has 2 aromatic heterocycles. The number of Topliss-reactive ketones (excluding diaryl/α,β-unsaturated/α-hetero) is 1. The van der Waals surface area contributed by atoms with Crippen molar-refractivity contribution in [1.29, 1.82) is 0 Å². The molecular weight excluding hydrogens is 590 g/mol. The summed E-state index contributed by atoms with van der Waals surface area (Å²) in [5.74, 6) is -1.12. The average Bonchev–Trinajstić information content (AvgIpc) is 3.54. The Morgan fingerprint density at radius 1 is 1.16 bits per heavy atom. The van der Waals surface area contributed by atoms with Crippen LogP contribution in [-0.2, 0) is 4.79 Å². The summed E-state index contributed by atoms with van der Waals surface area (Å²) in [5, 5.41) is 3.92. The molecule has 3 fully saturated rings. The Balaban J connectivity index is 1.34. The third-order valence-corrected chi connectivity index (χ3v) is 9.72. The second kappa shape index (κ2) is 11.5. The molecule has 1 aromatic carbocycles. The molecule has 1 aliphatic carbocycles. The van der Waals surface area contributed by atoms with Crippen molar-refractivity contribution in [3.8, 4) is 5.69 Å². The van der Waals surface area contributed by atoms with E-state index in [0.717, 1.165) is 25.1 Å². The number of alkyl halides is 3. The maximum Gasteiger partial charge on any atom is 0.406 e. The van der Waals surface area contributed by atoms with Crippen LogP contribution in [0.3, 0.4) is 0 Å². The summed E-state index contributed by atoms with van der Waals surface area (Å²) in [5.41, 5.74) is 1.26. The number of fused-ring (bicyclic) bond motifs is 2. The summed E-state index contributed by atoms with van der Waals surface area (Å²) in [7, 11) is 0. The van der Waals surface area contributed by atoms with E-state index in [2.05, 4.69) is 10.3 Å². The molecule has 1 N–H and O–H groups in total. The van der Waals surface area contributed by atoms with Gasteiger partial charge in [0.15, 0.2) is 5.78 Å². The molecule has 0 spiro atoms. The lowest BCUT2D eigenvalue weighted by molar-refractivity contribution is -0.143.